The molecule has 0 fully saturated rings. The highest BCUT2D eigenvalue weighted by Gasteiger charge is 2.08. The molecule has 0 aliphatic rings. The average molecular weight is 244 g/mol. The molecule has 1 rings (SSSR count). The number of carbonyl (C=O) groups is 2. The molecule has 1 aromatic rings. The van der Waals surface area contributed by atoms with Gasteiger partial charge >= 0.3 is 12.0 Å². The predicted molar refractivity (Wildman–Crippen MR) is 58.4 cm³/mol. The molecule has 0 aliphatic heterocycles. The zero-order chi connectivity index (χ0) is 12.0. The molecule has 0 saturated heterocycles. The zero-order valence-electron chi connectivity index (χ0n) is 8.40. The lowest BCUT2D eigenvalue weighted by atomic mass is 10.5. The van der Waals surface area contributed by atoms with Crippen LogP contribution in [0.4, 0.5) is 4.79 Å². The Morgan fingerprint density at radius 1 is 1.50 bits per heavy atom. The number of nitrogens with one attached hydrogen (secondary N) is 2. The Kier molecular flexibility index (Phi) is 4.67. The third-order valence-corrected chi connectivity index (χ3v) is 2.45. The number of rotatable bonds is 5. The van der Waals surface area contributed by atoms with E-state index in [2.05, 4.69) is 15.6 Å². The maximum Gasteiger partial charge on any atom is 0.355 e. The van der Waals surface area contributed by atoms with Crippen molar-refractivity contribution in [3.63, 3.8) is 0 Å². The molecule has 88 valence electrons. The molecule has 0 radical (unpaired) electrons. The summed E-state index contributed by atoms with van der Waals surface area (Å²) in [6.45, 7) is 0.965. The maximum absolute atomic E-state index is 11.1. The standard InChI is InChI=1S/C8H12N4O3S/c9-1-2-10-8(15)11-3-6-12-5(4-16-6)7(13)14/h4H,1-3,9H2,(H,13,14)(H2,10,11,15). The van der Waals surface area contributed by atoms with Crippen molar-refractivity contribution in [2.45, 2.75) is 6.54 Å². The van der Waals surface area contributed by atoms with Gasteiger partial charge < -0.3 is 21.5 Å². The number of carbonyl (C=O) groups excluding carboxylic acids is 1. The van der Waals surface area contributed by atoms with Gasteiger partial charge in [-0.25, -0.2) is 14.6 Å². The van der Waals surface area contributed by atoms with Crippen molar-refractivity contribution < 1.29 is 14.7 Å². The molecule has 2 amide bonds. The second-order valence-electron chi connectivity index (χ2n) is 2.83. The molecule has 0 spiro atoms. The van der Waals surface area contributed by atoms with Gasteiger partial charge in [0.2, 0.25) is 0 Å². The van der Waals surface area contributed by atoms with E-state index in [1.54, 1.807) is 0 Å². The number of urea groups is 1. The van der Waals surface area contributed by atoms with Gasteiger partial charge in [0.15, 0.2) is 5.69 Å². The van der Waals surface area contributed by atoms with Crippen LogP contribution in [-0.4, -0.2) is 35.2 Å². The van der Waals surface area contributed by atoms with Gasteiger partial charge in [-0.1, -0.05) is 0 Å². The van der Waals surface area contributed by atoms with Crippen LogP contribution in [0.25, 0.3) is 0 Å². The smallest absolute Gasteiger partial charge is 0.355 e. The first-order valence-electron chi connectivity index (χ1n) is 4.53. The molecule has 16 heavy (non-hydrogen) atoms. The SMILES string of the molecule is NCCNC(=O)NCc1nc(C(=O)O)cs1. The van der Waals surface area contributed by atoms with E-state index < -0.39 is 5.97 Å². The Labute approximate surface area is 95.7 Å². The fourth-order valence-electron chi connectivity index (χ4n) is 0.894. The van der Waals surface area contributed by atoms with Crippen molar-refractivity contribution in [2.75, 3.05) is 13.1 Å². The van der Waals surface area contributed by atoms with Crippen LogP contribution in [0.2, 0.25) is 0 Å². The molecule has 0 atom stereocenters. The monoisotopic (exact) mass is 244 g/mol. The fraction of sp³-hybridized carbons (Fsp3) is 0.375. The van der Waals surface area contributed by atoms with E-state index in [-0.39, 0.29) is 18.3 Å². The molecule has 0 aliphatic carbocycles. The number of hydrogen-bond acceptors (Lipinski definition) is 5. The minimum Gasteiger partial charge on any atom is -0.476 e. The van der Waals surface area contributed by atoms with Gasteiger partial charge in [-0.2, -0.15) is 0 Å². The number of thiazole rings is 1. The summed E-state index contributed by atoms with van der Waals surface area (Å²) in [6.07, 6.45) is 0. The number of aromatic carboxylic acids is 1. The average Bonchev–Trinajstić information content (AvgIpc) is 2.72. The van der Waals surface area contributed by atoms with E-state index in [4.69, 9.17) is 10.8 Å². The van der Waals surface area contributed by atoms with Crippen molar-refractivity contribution >= 4 is 23.3 Å². The van der Waals surface area contributed by atoms with Gasteiger partial charge in [0.1, 0.15) is 5.01 Å². The summed E-state index contributed by atoms with van der Waals surface area (Å²) in [5.41, 5.74) is 5.19. The molecule has 5 N–H and O–H groups in total. The van der Waals surface area contributed by atoms with Gasteiger partial charge in [-0.05, 0) is 0 Å². The summed E-state index contributed by atoms with van der Waals surface area (Å²) in [5, 5.41) is 15.6. The van der Waals surface area contributed by atoms with E-state index in [9.17, 15) is 9.59 Å². The summed E-state index contributed by atoms with van der Waals surface area (Å²) >= 11 is 1.18. The highest BCUT2D eigenvalue weighted by molar-refractivity contribution is 7.09. The Balaban J connectivity index is 2.36. The quantitative estimate of drug-likeness (QED) is 0.562. The largest absolute Gasteiger partial charge is 0.476 e. The van der Waals surface area contributed by atoms with Crippen molar-refractivity contribution in [3.8, 4) is 0 Å². The molecular weight excluding hydrogens is 232 g/mol. The molecule has 8 heteroatoms. The third-order valence-electron chi connectivity index (χ3n) is 1.60. The van der Waals surface area contributed by atoms with E-state index in [0.717, 1.165) is 0 Å². The number of amides is 2. The van der Waals surface area contributed by atoms with Gasteiger partial charge in [-0.3, -0.25) is 0 Å². The zero-order valence-corrected chi connectivity index (χ0v) is 9.21. The molecule has 0 unspecified atom stereocenters. The number of carboxylic acid groups (broad SMARTS) is 1. The lowest BCUT2D eigenvalue weighted by Crippen LogP contribution is -2.37. The first-order valence-corrected chi connectivity index (χ1v) is 5.41. The maximum atomic E-state index is 11.1. The highest BCUT2D eigenvalue weighted by Crippen LogP contribution is 2.08. The summed E-state index contributed by atoms with van der Waals surface area (Å²) < 4.78 is 0. The first-order chi connectivity index (χ1) is 7.63. The van der Waals surface area contributed by atoms with E-state index in [0.29, 0.717) is 18.1 Å². The Bertz CT molecular complexity index is 379. The molecule has 1 heterocycles. The van der Waals surface area contributed by atoms with Gasteiger partial charge in [-0.15, -0.1) is 11.3 Å². The first kappa shape index (κ1) is 12.4. The molecule has 0 bridgehead atoms. The van der Waals surface area contributed by atoms with Crippen LogP contribution in [0.5, 0.6) is 0 Å². The number of aromatic nitrogens is 1. The topological polar surface area (TPSA) is 117 Å². The van der Waals surface area contributed by atoms with Crippen molar-refractivity contribution in [1.29, 1.82) is 0 Å². The minimum atomic E-state index is -1.07. The van der Waals surface area contributed by atoms with Crippen molar-refractivity contribution in [1.82, 2.24) is 15.6 Å². The van der Waals surface area contributed by atoms with Gasteiger partial charge in [0.05, 0.1) is 6.54 Å². The second-order valence-corrected chi connectivity index (χ2v) is 3.77. The van der Waals surface area contributed by atoms with Crippen LogP contribution in [0.3, 0.4) is 0 Å². The summed E-state index contributed by atoms with van der Waals surface area (Å²) in [6, 6.07) is -0.350. The lowest BCUT2D eigenvalue weighted by molar-refractivity contribution is 0.0691. The van der Waals surface area contributed by atoms with E-state index in [1.165, 1.54) is 16.7 Å². The fourth-order valence-corrected chi connectivity index (χ4v) is 1.60. The molecular formula is C8H12N4O3S. The number of hydrogen-bond donors (Lipinski definition) is 4. The van der Waals surface area contributed by atoms with Crippen LogP contribution in [0, 0.1) is 0 Å². The second kappa shape index (κ2) is 6.03. The minimum absolute atomic E-state index is 0.0100. The Hall–Kier alpha value is -1.67. The van der Waals surface area contributed by atoms with Gasteiger partial charge in [0, 0.05) is 18.5 Å². The van der Waals surface area contributed by atoms with Crippen LogP contribution in [0.15, 0.2) is 5.38 Å². The van der Waals surface area contributed by atoms with Crippen molar-refractivity contribution in [2.24, 2.45) is 5.73 Å². The number of carboxylic acids is 1. The van der Waals surface area contributed by atoms with E-state index >= 15 is 0 Å². The summed E-state index contributed by atoms with van der Waals surface area (Å²) in [4.78, 5) is 25.4. The lowest BCUT2D eigenvalue weighted by Gasteiger charge is -2.03. The molecule has 7 nitrogen and oxygen atoms in total. The third kappa shape index (κ3) is 3.83. The molecule has 0 aromatic carbocycles. The summed E-state index contributed by atoms with van der Waals surface area (Å²) in [5.74, 6) is -1.07. The normalized spacial score (nSPS) is 9.81. The van der Waals surface area contributed by atoms with Crippen LogP contribution < -0.4 is 16.4 Å². The molecule has 1 aromatic heterocycles. The predicted octanol–water partition coefficient (Wildman–Crippen LogP) is -0.401. The molecule has 0 saturated carbocycles. The van der Waals surface area contributed by atoms with Crippen LogP contribution in [0.1, 0.15) is 15.5 Å². The summed E-state index contributed by atoms with van der Waals surface area (Å²) in [7, 11) is 0. The number of nitrogens with zero attached hydrogens (tertiary/aromatic N) is 1. The van der Waals surface area contributed by atoms with Crippen molar-refractivity contribution in [3.05, 3.63) is 16.1 Å². The Morgan fingerprint density at radius 2 is 2.25 bits per heavy atom. The van der Waals surface area contributed by atoms with E-state index in [1.807, 2.05) is 0 Å². The van der Waals surface area contributed by atoms with Crippen LogP contribution >= 0.6 is 11.3 Å². The number of nitrogens with two attached hydrogens (primary N) is 1. The highest BCUT2D eigenvalue weighted by atomic mass is 32.1. The van der Waals surface area contributed by atoms with Crippen LogP contribution in [-0.2, 0) is 6.54 Å². The Morgan fingerprint density at radius 3 is 2.81 bits per heavy atom. The van der Waals surface area contributed by atoms with Gasteiger partial charge in [0.25, 0.3) is 0 Å².